The summed E-state index contributed by atoms with van der Waals surface area (Å²) in [6, 6.07) is 6.79. The summed E-state index contributed by atoms with van der Waals surface area (Å²) in [5.41, 5.74) is 0.637. The third-order valence-corrected chi connectivity index (χ3v) is 3.85. The molecular formula is C16H24FNO2. The summed E-state index contributed by atoms with van der Waals surface area (Å²) in [6.45, 7) is 3.77. The molecule has 20 heavy (non-hydrogen) atoms. The van der Waals surface area contributed by atoms with Crippen molar-refractivity contribution in [2.75, 3.05) is 26.2 Å². The van der Waals surface area contributed by atoms with Gasteiger partial charge in [-0.1, -0.05) is 18.2 Å². The number of rotatable bonds is 7. The van der Waals surface area contributed by atoms with Crippen molar-refractivity contribution in [3.8, 4) is 0 Å². The molecule has 0 saturated carbocycles. The van der Waals surface area contributed by atoms with Crippen molar-refractivity contribution in [3.63, 3.8) is 0 Å². The second kappa shape index (κ2) is 8.35. The van der Waals surface area contributed by atoms with Gasteiger partial charge in [-0.25, -0.2) is 4.39 Å². The van der Waals surface area contributed by atoms with E-state index in [0.29, 0.717) is 12.2 Å². The minimum Gasteiger partial charge on any atom is -0.396 e. The minimum atomic E-state index is -0.186. The van der Waals surface area contributed by atoms with Crippen LogP contribution in [0.25, 0.3) is 0 Å². The zero-order chi connectivity index (χ0) is 14.2. The molecule has 4 heteroatoms. The van der Waals surface area contributed by atoms with Crippen LogP contribution in [-0.4, -0.2) is 42.4 Å². The minimum absolute atomic E-state index is 0.186. The highest BCUT2D eigenvalue weighted by Gasteiger charge is 2.19. The lowest BCUT2D eigenvalue weighted by Crippen LogP contribution is -2.37. The van der Waals surface area contributed by atoms with Crippen molar-refractivity contribution in [2.24, 2.45) is 0 Å². The van der Waals surface area contributed by atoms with Crippen LogP contribution in [0.1, 0.15) is 31.2 Å². The topological polar surface area (TPSA) is 32.7 Å². The molecule has 2 rings (SSSR count). The first kappa shape index (κ1) is 15.4. The van der Waals surface area contributed by atoms with E-state index in [1.165, 1.54) is 6.07 Å². The van der Waals surface area contributed by atoms with Crippen molar-refractivity contribution in [1.82, 2.24) is 4.90 Å². The Kier molecular flexibility index (Phi) is 6.43. The maximum Gasteiger partial charge on any atom is 0.128 e. The van der Waals surface area contributed by atoms with Gasteiger partial charge >= 0.3 is 0 Å². The zero-order valence-corrected chi connectivity index (χ0v) is 11.9. The Morgan fingerprint density at radius 1 is 1.20 bits per heavy atom. The third kappa shape index (κ3) is 4.85. The van der Waals surface area contributed by atoms with Gasteiger partial charge in [0.1, 0.15) is 5.82 Å². The van der Waals surface area contributed by atoms with Crippen molar-refractivity contribution in [3.05, 3.63) is 35.6 Å². The molecule has 0 bridgehead atoms. The second-order valence-electron chi connectivity index (χ2n) is 5.37. The van der Waals surface area contributed by atoms with Crippen LogP contribution in [0.3, 0.4) is 0 Å². The number of hydrogen-bond acceptors (Lipinski definition) is 3. The normalized spacial score (nSPS) is 17.5. The number of piperidine rings is 1. The fourth-order valence-electron chi connectivity index (χ4n) is 2.57. The van der Waals surface area contributed by atoms with Crippen LogP contribution in [0.5, 0.6) is 0 Å². The molecule has 112 valence electrons. The molecule has 0 amide bonds. The molecule has 0 atom stereocenters. The van der Waals surface area contributed by atoms with Gasteiger partial charge in [-0.3, -0.25) is 0 Å². The van der Waals surface area contributed by atoms with E-state index in [1.54, 1.807) is 12.1 Å². The second-order valence-corrected chi connectivity index (χ2v) is 5.37. The predicted octanol–water partition coefficient (Wildman–Crippen LogP) is 2.58. The molecule has 1 aliphatic rings. The van der Waals surface area contributed by atoms with Crippen LogP contribution in [0, 0.1) is 5.82 Å². The number of benzene rings is 1. The van der Waals surface area contributed by atoms with Crippen molar-refractivity contribution >= 4 is 0 Å². The summed E-state index contributed by atoms with van der Waals surface area (Å²) < 4.78 is 19.3. The van der Waals surface area contributed by atoms with Gasteiger partial charge in [0.25, 0.3) is 0 Å². The molecular weight excluding hydrogens is 257 g/mol. The van der Waals surface area contributed by atoms with E-state index in [4.69, 9.17) is 9.84 Å². The highest BCUT2D eigenvalue weighted by molar-refractivity contribution is 5.16. The summed E-state index contributed by atoms with van der Waals surface area (Å²) in [6.07, 6.45) is 4.19. The molecule has 0 aliphatic carbocycles. The van der Waals surface area contributed by atoms with Crippen LogP contribution in [0.2, 0.25) is 0 Å². The molecule has 1 aromatic carbocycles. The van der Waals surface area contributed by atoms with Gasteiger partial charge in [-0.15, -0.1) is 0 Å². The number of ether oxygens (including phenoxy) is 1. The van der Waals surface area contributed by atoms with Gasteiger partial charge in [0.2, 0.25) is 0 Å². The SMILES string of the molecule is OCCCCN1CCC(OCc2ccccc2F)CC1. The highest BCUT2D eigenvalue weighted by atomic mass is 19.1. The van der Waals surface area contributed by atoms with Crippen molar-refractivity contribution < 1.29 is 14.2 Å². The molecule has 0 aromatic heterocycles. The molecule has 1 N–H and O–H groups in total. The smallest absolute Gasteiger partial charge is 0.128 e. The summed E-state index contributed by atoms with van der Waals surface area (Å²) >= 11 is 0. The summed E-state index contributed by atoms with van der Waals surface area (Å²) in [4.78, 5) is 2.42. The monoisotopic (exact) mass is 281 g/mol. The number of halogens is 1. The van der Waals surface area contributed by atoms with E-state index in [1.807, 2.05) is 6.07 Å². The molecule has 0 spiro atoms. The Labute approximate surface area is 120 Å². The quantitative estimate of drug-likeness (QED) is 0.780. The lowest BCUT2D eigenvalue weighted by molar-refractivity contribution is -0.00380. The molecule has 0 unspecified atom stereocenters. The highest BCUT2D eigenvalue weighted by Crippen LogP contribution is 2.17. The maximum absolute atomic E-state index is 13.5. The van der Waals surface area contributed by atoms with E-state index < -0.39 is 0 Å². The van der Waals surface area contributed by atoms with Gasteiger partial charge in [-0.05, 0) is 38.3 Å². The first-order valence-electron chi connectivity index (χ1n) is 7.48. The van der Waals surface area contributed by atoms with Gasteiger partial charge in [0.15, 0.2) is 0 Å². The fraction of sp³-hybridized carbons (Fsp3) is 0.625. The van der Waals surface area contributed by atoms with Crippen LogP contribution in [-0.2, 0) is 11.3 Å². The zero-order valence-electron chi connectivity index (χ0n) is 11.9. The number of likely N-dealkylation sites (tertiary alicyclic amines) is 1. The molecule has 1 aliphatic heterocycles. The summed E-state index contributed by atoms with van der Waals surface area (Å²) in [5, 5.41) is 8.77. The average molecular weight is 281 g/mol. The fourth-order valence-corrected chi connectivity index (χ4v) is 2.57. The predicted molar refractivity (Wildman–Crippen MR) is 77.0 cm³/mol. The van der Waals surface area contributed by atoms with E-state index in [9.17, 15) is 4.39 Å². The number of aliphatic hydroxyl groups excluding tert-OH is 1. The van der Waals surface area contributed by atoms with Gasteiger partial charge < -0.3 is 14.7 Å². The Morgan fingerprint density at radius 2 is 1.95 bits per heavy atom. The largest absolute Gasteiger partial charge is 0.396 e. The first-order valence-corrected chi connectivity index (χ1v) is 7.48. The Balaban J connectivity index is 1.66. The van der Waals surface area contributed by atoms with Crippen LogP contribution in [0.4, 0.5) is 4.39 Å². The number of nitrogens with zero attached hydrogens (tertiary/aromatic N) is 1. The molecule has 1 saturated heterocycles. The maximum atomic E-state index is 13.5. The van der Waals surface area contributed by atoms with Crippen molar-refractivity contribution in [2.45, 2.75) is 38.4 Å². The standard InChI is InChI=1S/C16H24FNO2/c17-16-6-2-1-5-14(16)13-20-15-7-10-18(11-8-15)9-3-4-12-19/h1-2,5-6,15,19H,3-4,7-13H2. The van der Waals surface area contributed by atoms with Crippen LogP contribution >= 0.6 is 0 Å². The lowest BCUT2D eigenvalue weighted by atomic mass is 10.1. The summed E-state index contributed by atoms with van der Waals surface area (Å²) in [7, 11) is 0. The van der Waals surface area contributed by atoms with E-state index in [0.717, 1.165) is 45.3 Å². The van der Waals surface area contributed by atoms with Gasteiger partial charge in [-0.2, -0.15) is 0 Å². The van der Waals surface area contributed by atoms with Gasteiger partial charge in [0.05, 0.1) is 12.7 Å². The molecule has 1 aromatic rings. The number of unbranched alkanes of at least 4 members (excludes halogenated alkanes) is 1. The average Bonchev–Trinajstić information content (AvgIpc) is 2.48. The Morgan fingerprint density at radius 3 is 2.65 bits per heavy atom. The van der Waals surface area contributed by atoms with E-state index in [2.05, 4.69) is 4.90 Å². The lowest BCUT2D eigenvalue weighted by Gasteiger charge is -2.31. The first-order chi connectivity index (χ1) is 9.79. The molecule has 0 radical (unpaired) electrons. The van der Waals surface area contributed by atoms with Crippen molar-refractivity contribution in [1.29, 1.82) is 0 Å². The van der Waals surface area contributed by atoms with Gasteiger partial charge in [0, 0.05) is 25.3 Å². The van der Waals surface area contributed by atoms with E-state index in [-0.39, 0.29) is 18.5 Å². The van der Waals surface area contributed by atoms with Crippen LogP contribution < -0.4 is 0 Å². The Hall–Kier alpha value is -0.970. The number of hydrogen-bond donors (Lipinski definition) is 1. The summed E-state index contributed by atoms with van der Waals surface area (Å²) in [5.74, 6) is -0.186. The van der Waals surface area contributed by atoms with E-state index >= 15 is 0 Å². The molecule has 1 heterocycles. The Bertz CT molecular complexity index is 392. The third-order valence-electron chi connectivity index (χ3n) is 3.85. The number of aliphatic hydroxyl groups is 1. The van der Waals surface area contributed by atoms with Crippen LogP contribution in [0.15, 0.2) is 24.3 Å². The molecule has 1 fully saturated rings. The molecule has 3 nitrogen and oxygen atoms in total.